The van der Waals surface area contributed by atoms with Crippen molar-refractivity contribution in [2.24, 2.45) is 0 Å². The van der Waals surface area contributed by atoms with Crippen LogP contribution in [-0.4, -0.2) is 35.3 Å². The predicted octanol–water partition coefficient (Wildman–Crippen LogP) is 4.79. The van der Waals surface area contributed by atoms with E-state index in [4.69, 9.17) is 16.3 Å². The zero-order valence-electron chi connectivity index (χ0n) is 17.2. The minimum Gasteiger partial charge on any atom is -0.487 e. The molecule has 160 valence electrons. The molecular weight excluding hydrogens is 434 g/mol. The Kier molecular flexibility index (Phi) is 7.81. The number of hydrogen-bond acceptors (Lipinski definition) is 5. The van der Waals surface area contributed by atoms with Gasteiger partial charge in [-0.05, 0) is 31.2 Å². The van der Waals surface area contributed by atoms with Crippen molar-refractivity contribution >= 4 is 46.5 Å². The van der Waals surface area contributed by atoms with Gasteiger partial charge in [0.1, 0.15) is 12.4 Å². The van der Waals surface area contributed by atoms with Crippen LogP contribution in [0.25, 0.3) is 6.08 Å². The quantitative estimate of drug-likeness (QED) is 0.495. The first-order chi connectivity index (χ1) is 14.9. The van der Waals surface area contributed by atoms with Crippen molar-refractivity contribution < 1.29 is 14.3 Å². The lowest BCUT2D eigenvalue weighted by molar-refractivity contribution is -0.129. The van der Waals surface area contributed by atoms with Gasteiger partial charge >= 0.3 is 0 Å². The molecule has 8 heteroatoms. The molecule has 2 aromatic carbocycles. The maximum atomic E-state index is 12.4. The van der Waals surface area contributed by atoms with E-state index in [9.17, 15) is 9.59 Å². The molecular formula is C23H22ClN3O3S. The van der Waals surface area contributed by atoms with Crippen molar-refractivity contribution in [1.82, 2.24) is 9.88 Å². The number of carbonyl (C=O) groups is 2. The maximum absolute atomic E-state index is 12.4. The number of benzene rings is 2. The highest BCUT2D eigenvalue weighted by molar-refractivity contribution is 7.09. The Bertz CT molecular complexity index is 1100. The SMILES string of the molecule is Cc1nc(COc2ccccc2/C=C/C(=O)N(C)CC(=O)Nc2ccccc2Cl)cs1. The Labute approximate surface area is 190 Å². The average molecular weight is 456 g/mol. The number of aromatic nitrogens is 1. The van der Waals surface area contributed by atoms with E-state index in [1.807, 2.05) is 36.6 Å². The Hall–Kier alpha value is -3.16. The number of nitrogens with one attached hydrogen (secondary N) is 1. The molecule has 0 radical (unpaired) electrons. The van der Waals surface area contributed by atoms with E-state index in [2.05, 4.69) is 10.3 Å². The van der Waals surface area contributed by atoms with Crippen molar-refractivity contribution in [3.05, 3.63) is 81.3 Å². The molecule has 1 N–H and O–H groups in total. The van der Waals surface area contributed by atoms with Gasteiger partial charge in [0.15, 0.2) is 0 Å². The number of anilines is 1. The summed E-state index contributed by atoms with van der Waals surface area (Å²) in [5.74, 6) is 0.00944. The van der Waals surface area contributed by atoms with Gasteiger partial charge in [-0.1, -0.05) is 41.9 Å². The highest BCUT2D eigenvalue weighted by atomic mass is 35.5. The summed E-state index contributed by atoms with van der Waals surface area (Å²) in [6.07, 6.45) is 3.09. The molecule has 3 aromatic rings. The first kappa shape index (κ1) is 22.5. The number of rotatable bonds is 8. The van der Waals surface area contributed by atoms with Gasteiger partial charge < -0.3 is 15.0 Å². The van der Waals surface area contributed by atoms with E-state index >= 15 is 0 Å². The third kappa shape index (κ3) is 6.67. The maximum Gasteiger partial charge on any atom is 0.246 e. The standard InChI is InChI=1S/C23H22ClN3O3S/c1-16-25-18(15-31-16)14-30-21-10-6-3-7-17(21)11-12-23(29)27(2)13-22(28)26-20-9-5-4-8-19(20)24/h3-12,15H,13-14H2,1-2H3,(H,26,28)/b12-11+. The summed E-state index contributed by atoms with van der Waals surface area (Å²) in [6, 6.07) is 14.4. The lowest BCUT2D eigenvalue weighted by Crippen LogP contribution is -2.33. The van der Waals surface area contributed by atoms with Crippen molar-refractivity contribution in [3.63, 3.8) is 0 Å². The van der Waals surface area contributed by atoms with Crippen LogP contribution in [0.5, 0.6) is 5.75 Å². The number of thiazole rings is 1. The van der Waals surface area contributed by atoms with Gasteiger partial charge in [0.05, 0.1) is 28.0 Å². The molecule has 0 saturated carbocycles. The van der Waals surface area contributed by atoms with Crippen LogP contribution < -0.4 is 10.1 Å². The van der Waals surface area contributed by atoms with Gasteiger partial charge in [0.2, 0.25) is 11.8 Å². The number of hydrogen-bond donors (Lipinski definition) is 1. The second kappa shape index (κ2) is 10.7. The monoisotopic (exact) mass is 455 g/mol. The van der Waals surface area contributed by atoms with E-state index in [0.717, 1.165) is 16.3 Å². The molecule has 3 rings (SSSR count). The van der Waals surface area contributed by atoms with Crippen LogP contribution in [-0.2, 0) is 16.2 Å². The van der Waals surface area contributed by atoms with Crippen molar-refractivity contribution in [1.29, 1.82) is 0 Å². The fourth-order valence-corrected chi connectivity index (χ4v) is 3.49. The summed E-state index contributed by atoms with van der Waals surface area (Å²) in [4.78, 5) is 30.4. The molecule has 0 saturated heterocycles. The second-order valence-corrected chi connectivity index (χ2v) is 8.21. The fourth-order valence-electron chi connectivity index (χ4n) is 2.71. The van der Waals surface area contributed by atoms with E-state index in [1.54, 1.807) is 48.7 Å². The number of ether oxygens (including phenoxy) is 1. The number of amides is 2. The zero-order valence-corrected chi connectivity index (χ0v) is 18.7. The molecule has 31 heavy (non-hydrogen) atoms. The highest BCUT2D eigenvalue weighted by Crippen LogP contribution is 2.22. The third-order valence-electron chi connectivity index (χ3n) is 4.27. The van der Waals surface area contributed by atoms with Crippen molar-refractivity contribution in [2.45, 2.75) is 13.5 Å². The molecule has 0 aliphatic rings. The number of nitrogens with zero attached hydrogens (tertiary/aromatic N) is 2. The Balaban J connectivity index is 1.57. The minimum absolute atomic E-state index is 0.101. The van der Waals surface area contributed by atoms with Crippen LogP contribution in [0.4, 0.5) is 5.69 Å². The second-order valence-electron chi connectivity index (χ2n) is 6.74. The molecule has 0 aliphatic heterocycles. The van der Waals surface area contributed by atoms with Gasteiger partial charge in [-0.3, -0.25) is 9.59 Å². The molecule has 2 amide bonds. The first-order valence-electron chi connectivity index (χ1n) is 9.53. The van der Waals surface area contributed by atoms with Crippen LogP contribution in [0.3, 0.4) is 0 Å². The summed E-state index contributed by atoms with van der Waals surface area (Å²) in [5.41, 5.74) is 2.13. The molecule has 1 aromatic heterocycles. The Morgan fingerprint density at radius 2 is 1.94 bits per heavy atom. The van der Waals surface area contributed by atoms with Gasteiger partial charge in [-0.15, -0.1) is 11.3 Å². The molecule has 0 aliphatic carbocycles. The van der Waals surface area contributed by atoms with Gasteiger partial charge in [-0.25, -0.2) is 4.98 Å². The van der Waals surface area contributed by atoms with E-state index in [0.29, 0.717) is 23.1 Å². The summed E-state index contributed by atoms with van der Waals surface area (Å²) in [6.45, 7) is 2.20. The lowest BCUT2D eigenvalue weighted by atomic mass is 10.2. The smallest absolute Gasteiger partial charge is 0.246 e. The van der Waals surface area contributed by atoms with E-state index in [1.165, 1.54) is 11.0 Å². The Morgan fingerprint density at radius 1 is 1.19 bits per heavy atom. The largest absolute Gasteiger partial charge is 0.487 e. The molecule has 6 nitrogen and oxygen atoms in total. The summed E-state index contributed by atoms with van der Waals surface area (Å²) in [7, 11) is 1.56. The van der Waals surface area contributed by atoms with Gasteiger partial charge in [0.25, 0.3) is 0 Å². The molecule has 0 atom stereocenters. The van der Waals surface area contributed by atoms with Crippen LogP contribution in [0, 0.1) is 6.92 Å². The summed E-state index contributed by atoms with van der Waals surface area (Å²) < 4.78 is 5.86. The third-order valence-corrected chi connectivity index (χ3v) is 5.42. The Morgan fingerprint density at radius 3 is 2.68 bits per heavy atom. The van der Waals surface area contributed by atoms with E-state index < -0.39 is 0 Å². The summed E-state index contributed by atoms with van der Waals surface area (Å²) >= 11 is 7.62. The topological polar surface area (TPSA) is 71.5 Å². The molecule has 0 unspecified atom stereocenters. The molecule has 0 fully saturated rings. The van der Waals surface area contributed by atoms with Gasteiger partial charge in [0, 0.05) is 24.1 Å². The minimum atomic E-state index is -0.334. The number of likely N-dealkylation sites (N-methyl/N-ethyl adjacent to an activating group) is 1. The number of para-hydroxylation sites is 2. The number of halogens is 1. The van der Waals surface area contributed by atoms with Crippen molar-refractivity contribution in [2.75, 3.05) is 18.9 Å². The molecule has 1 heterocycles. The first-order valence-corrected chi connectivity index (χ1v) is 10.8. The number of aryl methyl sites for hydroxylation is 1. The fraction of sp³-hybridized carbons (Fsp3) is 0.174. The average Bonchev–Trinajstić information content (AvgIpc) is 3.17. The van der Waals surface area contributed by atoms with Crippen LogP contribution in [0.1, 0.15) is 16.3 Å². The molecule has 0 bridgehead atoms. The van der Waals surface area contributed by atoms with Gasteiger partial charge in [-0.2, -0.15) is 0 Å². The lowest BCUT2D eigenvalue weighted by Gasteiger charge is -2.15. The molecule has 0 spiro atoms. The van der Waals surface area contributed by atoms with E-state index in [-0.39, 0.29) is 18.4 Å². The van der Waals surface area contributed by atoms with Crippen LogP contribution in [0.15, 0.2) is 60.0 Å². The number of carbonyl (C=O) groups excluding carboxylic acids is 2. The predicted molar refractivity (Wildman–Crippen MR) is 124 cm³/mol. The highest BCUT2D eigenvalue weighted by Gasteiger charge is 2.12. The van der Waals surface area contributed by atoms with Crippen molar-refractivity contribution in [3.8, 4) is 5.75 Å². The normalized spacial score (nSPS) is 10.8. The summed E-state index contributed by atoms with van der Waals surface area (Å²) in [5, 5.41) is 6.08. The zero-order chi connectivity index (χ0) is 22.2. The van der Waals surface area contributed by atoms with Crippen LogP contribution >= 0.6 is 22.9 Å². The van der Waals surface area contributed by atoms with Crippen LogP contribution in [0.2, 0.25) is 5.02 Å².